The standard InChI is InChI=1S/C18H36N2/c1-5-9-18(4,14-19-16-7-8-16)15-20-12-10-17(3,6-2)11-13-20/h16,19H,5-15H2,1-4H3. The molecule has 1 atom stereocenters. The lowest BCUT2D eigenvalue weighted by atomic mass is 9.77. The van der Waals surface area contributed by atoms with Crippen LogP contribution in [0, 0.1) is 10.8 Å². The molecule has 2 aliphatic rings. The molecule has 2 nitrogen and oxygen atoms in total. The summed E-state index contributed by atoms with van der Waals surface area (Å²) < 4.78 is 0. The van der Waals surface area contributed by atoms with Gasteiger partial charge in [-0.05, 0) is 56.0 Å². The largest absolute Gasteiger partial charge is 0.313 e. The highest BCUT2D eigenvalue weighted by Gasteiger charge is 2.33. The third-order valence-electron chi connectivity index (χ3n) is 5.77. The first kappa shape index (κ1) is 16.3. The summed E-state index contributed by atoms with van der Waals surface area (Å²) in [6.45, 7) is 14.8. The van der Waals surface area contributed by atoms with E-state index in [2.05, 4.69) is 37.9 Å². The fraction of sp³-hybridized carbons (Fsp3) is 1.00. The van der Waals surface area contributed by atoms with Gasteiger partial charge < -0.3 is 10.2 Å². The van der Waals surface area contributed by atoms with Crippen LogP contribution in [0.5, 0.6) is 0 Å². The first-order valence-electron chi connectivity index (χ1n) is 8.94. The highest BCUT2D eigenvalue weighted by molar-refractivity contribution is 4.89. The molecule has 0 spiro atoms. The van der Waals surface area contributed by atoms with E-state index >= 15 is 0 Å². The van der Waals surface area contributed by atoms with Crippen LogP contribution in [0.3, 0.4) is 0 Å². The molecule has 0 amide bonds. The number of rotatable bonds is 8. The van der Waals surface area contributed by atoms with Crippen molar-refractivity contribution >= 4 is 0 Å². The lowest BCUT2D eigenvalue weighted by molar-refractivity contribution is 0.0731. The number of hydrogen-bond donors (Lipinski definition) is 1. The van der Waals surface area contributed by atoms with Crippen LogP contribution < -0.4 is 5.32 Å². The summed E-state index contributed by atoms with van der Waals surface area (Å²) in [5.74, 6) is 0. The second-order valence-electron chi connectivity index (χ2n) is 8.16. The Balaban J connectivity index is 1.81. The molecule has 1 N–H and O–H groups in total. The summed E-state index contributed by atoms with van der Waals surface area (Å²) in [6.07, 6.45) is 9.60. The molecule has 118 valence electrons. The minimum atomic E-state index is 0.470. The van der Waals surface area contributed by atoms with E-state index in [1.807, 2.05) is 0 Å². The summed E-state index contributed by atoms with van der Waals surface area (Å²) in [4.78, 5) is 2.74. The van der Waals surface area contributed by atoms with Gasteiger partial charge in [-0.25, -0.2) is 0 Å². The molecule has 0 aromatic carbocycles. The van der Waals surface area contributed by atoms with Crippen LogP contribution in [-0.4, -0.2) is 37.1 Å². The molecule has 2 heteroatoms. The maximum Gasteiger partial charge on any atom is 0.00684 e. The average molecular weight is 280 g/mol. The summed E-state index contributed by atoms with van der Waals surface area (Å²) in [5, 5.41) is 3.77. The number of hydrogen-bond acceptors (Lipinski definition) is 2. The molecule has 0 radical (unpaired) electrons. The van der Waals surface area contributed by atoms with Crippen molar-refractivity contribution in [2.75, 3.05) is 26.2 Å². The van der Waals surface area contributed by atoms with E-state index in [9.17, 15) is 0 Å². The second-order valence-corrected chi connectivity index (χ2v) is 8.16. The maximum atomic E-state index is 3.77. The molecule has 0 bridgehead atoms. The summed E-state index contributed by atoms with van der Waals surface area (Å²) in [6, 6.07) is 0.843. The third kappa shape index (κ3) is 4.73. The minimum Gasteiger partial charge on any atom is -0.313 e. The van der Waals surface area contributed by atoms with Crippen molar-refractivity contribution in [3.8, 4) is 0 Å². The van der Waals surface area contributed by atoms with Crippen molar-refractivity contribution in [3.63, 3.8) is 0 Å². The van der Waals surface area contributed by atoms with E-state index in [0.29, 0.717) is 10.8 Å². The average Bonchev–Trinajstić information content (AvgIpc) is 3.24. The van der Waals surface area contributed by atoms with Gasteiger partial charge in [-0.15, -0.1) is 0 Å². The smallest absolute Gasteiger partial charge is 0.00684 e. The molecule has 1 saturated carbocycles. The van der Waals surface area contributed by atoms with Gasteiger partial charge in [0, 0.05) is 19.1 Å². The van der Waals surface area contributed by atoms with Crippen molar-refractivity contribution in [3.05, 3.63) is 0 Å². The Labute approximate surface area is 126 Å². The zero-order valence-corrected chi connectivity index (χ0v) is 14.3. The summed E-state index contributed by atoms with van der Waals surface area (Å²) >= 11 is 0. The summed E-state index contributed by atoms with van der Waals surface area (Å²) in [5.41, 5.74) is 1.08. The fourth-order valence-corrected chi connectivity index (χ4v) is 3.65. The number of piperidine rings is 1. The van der Waals surface area contributed by atoms with Crippen molar-refractivity contribution in [2.24, 2.45) is 10.8 Å². The van der Waals surface area contributed by atoms with E-state index in [1.165, 1.54) is 71.1 Å². The summed E-state index contributed by atoms with van der Waals surface area (Å²) in [7, 11) is 0. The van der Waals surface area contributed by atoms with Gasteiger partial charge in [-0.3, -0.25) is 0 Å². The van der Waals surface area contributed by atoms with Crippen LogP contribution in [-0.2, 0) is 0 Å². The molecule has 1 aliphatic heterocycles. The van der Waals surface area contributed by atoms with E-state index in [1.54, 1.807) is 0 Å². The molecule has 2 fully saturated rings. The van der Waals surface area contributed by atoms with Gasteiger partial charge in [0.05, 0.1) is 0 Å². The molecule has 2 rings (SSSR count). The third-order valence-corrected chi connectivity index (χ3v) is 5.77. The van der Waals surface area contributed by atoms with Gasteiger partial charge in [0.15, 0.2) is 0 Å². The Kier molecular flexibility index (Phi) is 5.53. The Morgan fingerprint density at radius 1 is 1.20 bits per heavy atom. The van der Waals surface area contributed by atoms with E-state index < -0.39 is 0 Å². The lowest BCUT2D eigenvalue weighted by Crippen LogP contribution is -2.47. The van der Waals surface area contributed by atoms with Crippen molar-refractivity contribution in [2.45, 2.75) is 78.7 Å². The molecular formula is C18H36N2. The molecule has 1 saturated heterocycles. The Hall–Kier alpha value is -0.0800. The predicted molar refractivity (Wildman–Crippen MR) is 88.1 cm³/mol. The highest BCUT2D eigenvalue weighted by Crippen LogP contribution is 2.35. The molecule has 1 unspecified atom stereocenters. The first-order valence-corrected chi connectivity index (χ1v) is 8.94. The number of likely N-dealkylation sites (tertiary alicyclic amines) is 1. The molecule has 1 aliphatic carbocycles. The van der Waals surface area contributed by atoms with Gasteiger partial charge in [-0.2, -0.15) is 0 Å². The van der Waals surface area contributed by atoms with Crippen LogP contribution in [0.2, 0.25) is 0 Å². The maximum absolute atomic E-state index is 3.77. The lowest BCUT2D eigenvalue weighted by Gasteiger charge is -2.43. The van der Waals surface area contributed by atoms with Gasteiger partial charge >= 0.3 is 0 Å². The van der Waals surface area contributed by atoms with Gasteiger partial charge in [0.2, 0.25) is 0 Å². The zero-order valence-electron chi connectivity index (χ0n) is 14.3. The van der Waals surface area contributed by atoms with Crippen LogP contribution in [0.25, 0.3) is 0 Å². The molecule has 0 aromatic rings. The Bertz CT molecular complexity index is 290. The SMILES string of the molecule is CCCC(C)(CNC1CC1)CN1CCC(C)(CC)CC1. The van der Waals surface area contributed by atoms with Crippen LogP contribution in [0.1, 0.15) is 72.6 Å². The van der Waals surface area contributed by atoms with Crippen LogP contribution in [0.4, 0.5) is 0 Å². The normalized spacial score (nSPS) is 26.4. The Morgan fingerprint density at radius 2 is 1.85 bits per heavy atom. The van der Waals surface area contributed by atoms with Gasteiger partial charge in [0.25, 0.3) is 0 Å². The van der Waals surface area contributed by atoms with E-state index in [4.69, 9.17) is 0 Å². The number of nitrogens with zero attached hydrogens (tertiary/aromatic N) is 1. The van der Waals surface area contributed by atoms with Crippen molar-refractivity contribution in [1.82, 2.24) is 10.2 Å². The Morgan fingerprint density at radius 3 is 2.35 bits per heavy atom. The van der Waals surface area contributed by atoms with E-state index in [-0.39, 0.29) is 0 Å². The van der Waals surface area contributed by atoms with E-state index in [0.717, 1.165) is 6.04 Å². The van der Waals surface area contributed by atoms with Gasteiger partial charge in [-0.1, -0.05) is 40.5 Å². The molecule has 1 heterocycles. The zero-order chi connectivity index (χ0) is 14.6. The monoisotopic (exact) mass is 280 g/mol. The van der Waals surface area contributed by atoms with Gasteiger partial charge in [0.1, 0.15) is 0 Å². The minimum absolute atomic E-state index is 0.470. The first-order chi connectivity index (χ1) is 9.49. The molecule has 20 heavy (non-hydrogen) atoms. The molecule has 0 aromatic heterocycles. The molecular weight excluding hydrogens is 244 g/mol. The topological polar surface area (TPSA) is 15.3 Å². The fourth-order valence-electron chi connectivity index (χ4n) is 3.65. The second kappa shape index (κ2) is 6.79. The van der Waals surface area contributed by atoms with Crippen LogP contribution >= 0.6 is 0 Å². The predicted octanol–water partition coefficient (Wildman–Crippen LogP) is 4.06. The van der Waals surface area contributed by atoms with Crippen molar-refractivity contribution < 1.29 is 0 Å². The number of nitrogens with one attached hydrogen (secondary N) is 1. The van der Waals surface area contributed by atoms with Crippen molar-refractivity contribution in [1.29, 1.82) is 0 Å². The van der Waals surface area contributed by atoms with Crippen LogP contribution in [0.15, 0.2) is 0 Å². The quantitative estimate of drug-likeness (QED) is 0.721. The highest BCUT2D eigenvalue weighted by atomic mass is 15.1.